The van der Waals surface area contributed by atoms with Crippen LogP contribution in [-0.2, 0) is 16.1 Å². The van der Waals surface area contributed by atoms with Crippen molar-refractivity contribution in [1.82, 2.24) is 10.3 Å². The number of carbonyl (C=O) groups excluding carboxylic acids is 2. The Labute approximate surface area is 135 Å². The maximum Gasteiger partial charge on any atom is 0.240 e. The largest absolute Gasteiger partial charge is 0.351 e. The lowest BCUT2D eigenvalue weighted by molar-refractivity contribution is -0.134. The lowest BCUT2D eigenvalue weighted by atomic mass is 10.0. The van der Waals surface area contributed by atoms with Gasteiger partial charge in [0.25, 0.3) is 0 Å². The van der Waals surface area contributed by atoms with Gasteiger partial charge in [-0.1, -0.05) is 18.2 Å². The van der Waals surface area contributed by atoms with Crippen molar-refractivity contribution in [2.24, 2.45) is 5.41 Å². The number of nitrogens with one attached hydrogen (secondary N) is 2. The van der Waals surface area contributed by atoms with Gasteiger partial charge < -0.3 is 10.6 Å². The summed E-state index contributed by atoms with van der Waals surface area (Å²) in [5.41, 5.74) is 1.78. The minimum absolute atomic E-state index is 0.208. The van der Waals surface area contributed by atoms with Crippen molar-refractivity contribution in [3.8, 4) is 0 Å². The van der Waals surface area contributed by atoms with Crippen LogP contribution in [0.15, 0.2) is 48.8 Å². The molecule has 2 N–H and O–H groups in total. The third-order valence-electron chi connectivity index (χ3n) is 4.21. The fourth-order valence-electron chi connectivity index (χ4n) is 2.49. The van der Waals surface area contributed by atoms with Gasteiger partial charge in [0.15, 0.2) is 0 Å². The van der Waals surface area contributed by atoms with E-state index in [-0.39, 0.29) is 11.8 Å². The highest BCUT2D eigenvalue weighted by Gasteiger charge is 2.56. The average Bonchev–Trinajstić information content (AvgIpc) is 3.38. The van der Waals surface area contributed by atoms with Crippen LogP contribution in [-0.4, -0.2) is 16.8 Å². The highest BCUT2D eigenvalue weighted by atomic mass is 16.2. The SMILES string of the molecule is Cc1ccccc1NC(=O)C1(C(=O)NCc2ccncc2)CC1. The van der Waals surface area contributed by atoms with Crippen molar-refractivity contribution in [1.29, 1.82) is 0 Å². The van der Waals surface area contributed by atoms with Crippen LogP contribution < -0.4 is 10.6 Å². The third-order valence-corrected chi connectivity index (χ3v) is 4.21. The summed E-state index contributed by atoms with van der Waals surface area (Å²) >= 11 is 0. The van der Waals surface area contributed by atoms with Crippen LogP contribution in [0.1, 0.15) is 24.0 Å². The number of benzene rings is 1. The molecule has 0 radical (unpaired) electrons. The summed E-state index contributed by atoms with van der Waals surface area (Å²) in [4.78, 5) is 28.9. The zero-order chi connectivity index (χ0) is 16.3. The van der Waals surface area contributed by atoms with E-state index in [9.17, 15) is 9.59 Å². The molecule has 2 aromatic rings. The number of rotatable bonds is 5. The van der Waals surface area contributed by atoms with E-state index in [1.807, 2.05) is 43.3 Å². The van der Waals surface area contributed by atoms with Gasteiger partial charge in [0, 0.05) is 24.6 Å². The molecule has 0 bridgehead atoms. The Morgan fingerprint density at radius 3 is 2.43 bits per heavy atom. The lowest BCUT2D eigenvalue weighted by Gasteiger charge is -2.16. The Morgan fingerprint density at radius 2 is 1.78 bits per heavy atom. The summed E-state index contributed by atoms with van der Waals surface area (Å²) in [5.74, 6) is -0.431. The summed E-state index contributed by atoms with van der Waals surface area (Å²) in [7, 11) is 0. The number of para-hydroxylation sites is 1. The van der Waals surface area contributed by atoms with Gasteiger partial charge in [-0.3, -0.25) is 14.6 Å². The summed E-state index contributed by atoms with van der Waals surface area (Å²) in [6.07, 6.45) is 4.54. The van der Waals surface area contributed by atoms with Crippen molar-refractivity contribution >= 4 is 17.5 Å². The fourth-order valence-corrected chi connectivity index (χ4v) is 2.49. The number of anilines is 1. The number of amides is 2. The molecule has 3 rings (SSSR count). The molecule has 1 fully saturated rings. The van der Waals surface area contributed by atoms with Crippen LogP contribution in [0.3, 0.4) is 0 Å². The Kier molecular flexibility index (Phi) is 4.10. The van der Waals surface area contributed by atoms with E-state index in [0.29, 0.717) is 19.4 Å². The van der Waals surface area contributed by atoms with E-state index in [0.717, 1.165) is 16.8 Å². The maximum absolute atomic E-state index is 12.5. The molecule has 0 spiro atoms. The number of aryl methyl sites for hydroxylation is 1. The molecule has 23 heavy (non-hydrogen) atoms. The van der Waals surface area contributed by atoms with E-state index in [4.69, 9.17) is 0 Å². The predicted molar refractivity (Wildman–Crippen MR) is 87.6 cm³/mol. The molecule has 1 heterocycles. The molecule has 1 aliphatic rings. The van der Waals surface area contributed by atoms with Crippen molar-refractivity contribution in [2.75, 3.05) is 5.32 Å². The van der Waals surface area contributed by atoms with Crippen LogP contribution in [0, 0.1) is 12.3 Å². The van der Waals surface area contributed by atoms with Gasteiger partial charge in [-0.05, 0) is 49.1 Å². The molecule has 5 nitrogen and oxygen atoms in total. The van der Waals surface area contributed by atoms with Gasteiger partial charge >= 0.3 is 0 Å². The molecule has 1 aliphatic carbocycles. The first-order valence-electron chi connectivity index (χ1n) is 7.66. The van der Waals surface area contributed by atoms with E-state index in [2.05, 4.69) is 15.6 Å². The molecule has 5 heteroatoms. The van der Waals surface area contributed by atoms with E-state index < -0.39 is 5.41 Å². The van der Waals surface area contributed by atoms with E-state index in [1.54, 1.807) is 12.4 Å². The second-order valence-electron chi connectivity index (χ2n) is 5.89. The number of hydrogen-bond acceptors (Lipinski definition) is 3. The normalized spacial score (nSPS) is 14.8. The van der Waals surface area contributed by atoms with Gasteiger partial charge in [-0.25, -0.2) is 0 Å². The summed E-state index contributed by atoms with van der Waals surface area (Å²) in [6.45, 7) is 2.33. The number of carbonyl (C=O) groups is 2. The highest BCUT2D eigenvalue weighted by molar-refractivity contribution is 6.13. The molecule has 1 aromatic carbocycles. The van der Waals surface area contributed by atoms with Gasteiger partial charge in [-0.2, -0.15) is 0 Å². The van der Waals surface area contributed by atoms with Crippen molar-refractivity contribution in [3.63, 3.8) is 0 Å². The molecule has 0 aliphatic heterocycles. The van der Waals surface area contributed by atoms with Gasteiger partial charge in [0.1, 0.15) is 5.41 Å². The van der Waals surface area contributed by atoms with Crippen molar-refractivity contribution < 1.29 is 9.59 Å². The van der Waals surface area contributed by atoms with E-state index in [1.165, 1.54) is 0 Å². The first kappa shape index (κ1) is 15.2. The zero-order valence-corrected chi connectivity index (χ0v) is 13.0. The number of hydrogen-bond donors (Lipinski definition) is 2. The number of nitrogens with zero attached hydrogens (tertiary/aromatic N) is 1. The minimum Gasteiger partial charge on any atom is -0.351 e. The first-order valence-corrected chi connectivity index (χ1v) is 7.66. The zero-order valence-electron chi connectivity index (χ0n) is 13.0. The molecule has 0 atom stereocenters. The Hall–Kier alpha value is -2.69. The van der Waals surface area contributed by atoms with Gasteiger partial charge in [0.2, 0.25) is 11.8 Å². The second-order valence-corrected chi connectivity index (χ2v) is 5.89. The molecule has 118 valence electrons. The first-order chi connectivity index (χ1) is 11.1. The molecule has 0 saturated heterocycles. The Balaban J connectivity index is 1.63. The topological polar surface area (TPSA) is 71.1 Å². The quantitative estimate of drug-likeness (QED) is 0.833. The minimum atomic E-state index is -0.921. The van der Waals surface area contributed by atoms with Crippen LogP contribution in [0.2, 0.25) is 0 Å². The van der Waals surface area contributed by atoms with Crippen LogP contribution in [0.5, 0.6) is 0 Å². The standard InChI is InChI=1S/C18H19N3O2/c1-13-4-2-3-5-15(13)21-17(23)18(8-9-18)16(22)20-12-14-6-10-19-11-7-14/h2-7,10-11H,8-9,12H2,1H3,(H,20,22)(H,21,23). The molecule has 2 amide bonds. The third kappa shape index (κ3) is 3.23. The Bertz CT molecular complexity index is 724. The average molecular weight is 309 g/mol. The molecular weight excluding hydrogens is 290 g/mol. The fraction of sp³-hybridized carbons (Fsp3) is 0.278. The summed E-state index contributed by atoms with van der Waals surface area (Å²) in [5, 5.41) is 5.74. The molecule has 1 aromatic heterocycles. The molecular formula is C18H19N3O2. The van der Waals surface area contributed by atoms with Crippen molar-refractivity contribution in [2.45, 2.75) is 26.3 Å². The number of pyridine rings is 1. The molecule has 1 saturated carbocycles. The van der Waals surface area contributed by atoms with E-state index >= 15 is 0 Å². The van der Waals surface area contributed by atoms with Crippen LogP contribution in [0.25, 0.3) is 0 Å². The predicted octanol–water partition coefficient (Wildman–Crippen LogP) is 2.43. The summed E-state index contributed by atoms with van der Waals surface area (Å²) < 4.78 is 0. The maximum atomic E-state index is 12.5. The molecule has 0 unspecified atom stereocenters. The smallest absolute Gasteiger partial charge is 0.240 e. The van der Waals surface area contributed by atoms with Gasteiger partial charge in [0.05, 0.1) is 0 Å². The highest BCUT2D eigenvalue weighted by Crippen LogP contribution is 2.47. The van der Waals surface area contributed by atoms with Crippen molar-refractivity contribution in [3.05, 3.63) is 59.9 Å². The summed E-state index contributed by atoms with van der Waals surface area (Å²) in [6, 6.07) is 11.2. The van der Waals surface area contributed by atoms with Crippen LogP contribution in [0.4, 0.5) is 5.69 Å². The lowest BCUT2D eigenvalue weighted by Crippen LogP contribution is -2.39. The van der Waals surface area contributed by atoms with Gasteiger partial charge in [-0.15, -0.1) is 0 Å². The second kappa shape index (κ2) is 6.20. The Morgan fingerprint density at radius 1 is 1.09 bits per heavy atom. The van der Waals surface area contributed by atoms with Crippen LogP contribution >= 0.6 is 0 Å². The monoisotopic (exact) mass is 309 g/mol. The number of aromatic nitrogens is 1.